The maximum Gasteiger partial charge on any atom is 0.181 e. The lowest BCUT2D eigenvalue weighted by Gasteiger charge is -2.21. The van der Waals surface area contributed by atoms with Crippen molar-refractivity contribution in [3.63, 3.8) is 0 Å². The first-order valence-corrected chi connectivity index (χ1v) is 9.84. The molecule has 0 aromatic heterocycles. The van der Waals surface area contributed by atoms with Gasteiger partial charge in [0.15, 0.2) is 5.78 Å². The van der Waals surface area contributed by atoms with E-state index in [4.69, 9.17) is 14.5 Å². The maximum absolute atomic E-state index is 13.0. The van der Waals surface area contributed by atoms with Crippen LogP contribution in [0.15, 0.2) is 89.9 Å². The molecule has 0 N–H and O–H groups in total. The molecule has 4 rings (SSSR count). The lowest BCUT2D eigenvalue weighted by Crippen LogP contribution is -2.27. The molecule has 0 aliphatic carbocycles. The molecule has 0 spiro atoms. The standard InChI is InChI=1S/C26H23NO3/c1-29-21-12-8-19(9-13-21)23-17-25(28)24(16-18-6-4-3-5-7-18)27-26(23)20-10-14-22(30-2)15-11-20/h3-15,17,24H,16H2,1-2H3. The number of allylic oxidation sites excluding steroid dienone is 1. The van der Waals surface area contributed by atoms with Crippen LogP contribution in [0.2, 0.25) is 0 Å². The molecule has 0 radical (unpaired) electrons. The van der Waals surface area contributed by atoms with Crippen molar-refractivity contribution in [2.45, 2.75) is 12.5 Å². The number of carbonyl (C=O) groups excluding carboxylic acids is 1. The molecule has 1 aliphatic rings. The molecule has 150 valence electrons. The maximum atomic E-state index is 13.0. The van der Waals surface area contributed by atoms with Crippen molar-refractivity contribution in [1.29, 1.82) is 0 Å². The van der Waals surface area contributed by atoms with Crippen molar-refractivity contribution in [3.05, 3.63) is 102 Å². The summed E-state index contributed by atoms with van der Waals surface area (Å²) in [6, 6.07) is 25.0. The predicted molar refractivity (Wildman–Crippen MR) is 119 cm³/mol. The van der Waals surface area contributed by atoms with Gasteiger partial charge in [-0.3, -0.25) is 9.79 Å². The Morgan fingerprint density at radius 3 is 1.90 bits per heavy atom. The molecule has 1 heterocycles. The SMILES string of the molecule is COc1ccc(C2=CC(=O)C(Cc3ccccc3)N=C2c2ccc(OC)cc2)cc1. The highest BCUT2D eigenvalue weighted by Gasteiger charge is 2.26. The second kappa shape index (κ2) is 8.78. The van der Waals surface area contributed by atoms with Crippen molar-refractivity contribution < 1.29 is 14.3 Å². The molecule has 1 atom stereocenters. The lowest BCUT2D eigenvalue weighted by atomic mass is 9.89. The summed E-state index contributed by atoms with van der Waals surface area (Å²) in [5, 5.41) is 0. The van der Waals surface area contributed by atoms with Crippen LogP contribution in [-0.2, 0) is 11.2 Å². The Balaban J connectivity index is 1.74. The van der Waals surface area contributed by atoms with E-state index in [1.807, 2.05) is 78.9 Å². The van der Waals surface area contributed by atoms with Crippen LogP contribution in [0.1, 0.15) is 16.7 Å². The number of ketones is 1. The van der Waals surface area contributed by atoms with Crippen LogP contribution >= 0.6 is 0 Å². The number of benzene rings is 3. The summed E-state index contributed by atoms with van der Waals surface area (Å²) in [4.78, 5) is 17.9. The monoisotopic (exact) mass is 397 g/mol. The first kappa shape index (κ1) is 19.6. The molecule has 4 heteroatoms. The normalized spacial score (nSPS) is 15.9. The highest BCUT2D eigenvalue weighted by atomic mass is 16.5. The Morgan fingerprint density at radius 1 is 0.767 bits per heavy atom. The Kier molecular flexibility index (Phi) is 5.75. The summed E-state index contributed by atoms with van der Waals surface area (Å²) in [7, 11) is 3.28. The quantitative estimate of drug-likeness (QED) is 0.602. The second-order valence-electron chi connectivity index (χ2n) is 7.10. The van der Waals surface area contributed by atoms with Crippen molar-refractivity contribution in [3.8, 4) is 11.5 Å². The third-order valence-electron chi connectivity index (χ3n) is 5.19. The van der Waals surface area contributed by atoms with Crippen LogP contribution in [0.5, 0.6) is 11.5 Å². The summed E-state index contributed by atoms with van der Waals surface area (Å²) in [6.07, 6.45) is 2.30. The minimum absolute atomic E-state index is 0.0157. The lowest BCUT2D eigenvalue weighted by molar-refractivity contribution is -0.115. The van der Waals surface area contributed by atoms with Gasteiger partial charge in [-0.05, 0) is 53.6 Å². The number of dihydropyridines is 1. The largest absolute Gasteiger partial charge is 0.497 e. The molecule has 0 saturated heterocycles. The van der Waals surface area contributed by atoms with Crippen molar-refractivity contribution in [1.82, 2.24) is 0 Å². The number of methoxy groups -OCH3 is 2. The summed E-state index contributed by atoms with van der Waals surface area (Å²) in [6.45, 7) is 0. The van der Waals surface area contributed by atoms with Gasteiger partial charge >= 0.3 is 0 Å². The van der Waals surface area contributed by atoms with E-state index < -0.39 is 6.04 Å². The summed E-state index contributed by atoms with van der Waals surface area (Å²) < 4.78 is 10.6. The number of carbonyl (C=O) groups is 1. The van der Waals surface area contributed by atoms with Gasteiger partial charge < -0.3 is 9.47 Å². The number of hydrogen-bond donors (Lipinski definition) is 0. The molecule has 30 heavy (non-hydrogen) atoms. The van der Waals surface area contributed by atoms with Gasteiger partial charge in [0.05, 0.1) is 19.9 Å². The topological polar surface area (TPSA) is 47.9 Å². The van der Waals surface area contributed by atoms with Crippen molar-refractivity contribution in [2.24, 2.45) is 4.99 Å². The van der Waals surface area contributed by atoms with Gasteiger partial charge in [0.2, 0.25) is 0 Å². The number of aliphatic imine (C=N–C) groups is 1. The van der Waals surface area contributed by atoms with E-state index in [1.165, 1.54) is 0 Å². The number of nitrogens with zero attached hydrogens (tertiary/aromatic N) is 1. The molecule has 1 unspecified atom stereocenters. The van der Waals surface area contributed by atoms with Crippen LogP contribution in [0.4, 0.5) is 0 Å². The van der Waals surface area contributed by atoms with Crippen LogP contribution in [0.25, 0.3) is 5.57 Å². The highest BCUT2D eigenvalue weighted by Crippen LogP contribution is 2.28. The van der Waals surface area contributed by atoms with Crippen LogP contribution in [0.3, 0.4) is 0 Å². The average molecular weight is 397 g/mol. The number of rotatable bonds is 6. The fourth-order valence-electron chi connectivity index (χ4n) is 3.55. The molecule has 0 saturated carbocycles. The number of hydrogen-bond acceptors (Lipinski definition) is 4. The number of ether oxygens (including phenoxy) is 2. The smallest absolute Gasteiger partial charge is 0.181 e. The van der Waals surface area contributed by atoms with Gasteiger partial charge in [0, 0.05) is 17.6 Å². The summed E-state index contributed by atoms with van der Waals surface area (Å²) in [5.41, 5.74) is 4.59. The van der Waals surface area contributed by atoms with E-state index in [0.717, 1.165) is 39.5 Å². The minimum atomic E-state index is -0.438. The van der Waals surface area contributed by atoms with Crippen LogP contribution in [-0.4, -0.2) is 31.8 Å². The molecular weight excluding hydrogens is 374 g/mol. The molecule has 3 aromatic carbocycles. The summed E-state index contributed by atoms with van der Waals surface area (Å²) >= 11 is 0. The Bertz CT molecular complexity index is 1080. The van der Waals surface area contributed by atoms with E-state index >= 15 is 0 Å². The Hall–Kier alpha value is -3.66. The Morgan fingerprint density at radius 2 is 1.33 bits per heavy atom. The van der Waals surface area contributed by atoms with E-state index in [0.29, 0.717) is 6.42 Å². The van der Waals surface area contributed by atoms with Gasteiger partial charge in [0.25, 0.3) is 0 Å². The van der Waals surface area contributed by atoms with Crippen LogP contribution in [0, 0.1) is 0 Å². The van der Waals surface area contributed by atoms with Crippen molar-refractivity contribution >= 4 is 17.1 Å². The zero-order valence-corrected chi connectivity index (χ0v) is 17.0. The molecule has 1 aliphatic heterocycles. The molecule has 0 bridgehead atoms. The Labute approximate surface area is 176 Å². The third kappa shape index (κ3) is 4.18. The first-order valence-electron chi connectivity index (χ1n) is 9.84. The van der Waals surface area contributed by atoms with E-state index in [-0.39, 0.29) is 5.78 Å². The van der Waals surface area contributed by atoms with Gasteiger partial charge in [-0.1, -0.05) is 42.5 Å². The third-order valence-corrected chi connectivity index (χ3v) is 5.19. The van der Waals surface area contributed by atoms with Gasteiger partial charge in [-0.25, -0.2) is 0 Å². The fourth-order valence-corrected chi connectivity index (χ4v) is 3.55. The van der Waals surface area contributed by atoms with Crippen LogP contribution < -0.4 is 9.47 Å². The molecule has 3 aromatic rings. The van der Waals surface area contributed by atoms with Gasteiger partial charge in [0.1, 0.15) is 17.5 Å². The first-order chi connectivity index (χ1) is 14.7. The highest BCUT2D eigenvalue weighted by molar-refractivity contribution is 6.36. The van der Waals surface area contributed by atoms with E-state index in [1.54, 1.807) is 20.3 Å². The second-order valence-corrected chi connectivity index (χ2v) is 7.10. The molecule has 0 amide bonds. The van der Waals surface area contributed by atoms with E-state index in [9.17, 15) is 4.79 Å². The fraction of sp³-hybridized carbons (Fsp3) is 0.154. The molecule has 0 fully saturated rings. The average Bonchev–Trinajstić information content (AvgIpc) is 2.81. The molecule has 4 nitrogen and oxygen atoms in total. The molecular formula is C26H23NO3. The van der Waals surface area contributed by atoms with E-state index in [2.05, 4.69) is 0 Å². The zero-order valence-electron chi connectivity index (χ0n) is 17.0. The van der Waals surface area contributed by atoms with Gasteiger partial charge in [-0.2, -0.15) is 0 Å². The van der Waals surface area contributed by atoms with Crippen molar-refractivity contribution in [2.75, 3.05) is 14.2 Å². The van der Waals surface area contributed by atoms with Gasteiger partial charge in [-0.15, -0.1) is 0 Å². The zero-order chi connectivity index (χ0) is 20.9. The summed E-state index contributed by atoms with van der Waals surface area (Å²) in [5.74, 6) is 1.57. The predicted octanol–water partition coefficient (Wildman–Crippen LogP) is 4.77. The minimum Gasteiger partial charge on any atom is -0.497 e.